The number of rotatable bonds is 10. The van der Waals surface area contributed by atoms with E-state index in [-0.39, 0.29) is 110 Å². The molecule has 5 fully saturated rings. The molecular formula is C75H147FN16O22. The number of esters is 3. The smallest absolute Gasteiger partial charge is 0.411 e. The van der Waals surface area contributed by atoms with Crippen LogP contribution in [0.25, 0.3) is 9.69 Å². The van der Waals surface area contributed by atoms with Gasteiger partial charge < -0.3 is 95.7 Å². The molecule has 5 aliphatic heterocycles. The highest BCUT2D eigenvalue weighted by atomic mass is 19.1. The van der Waals surface area contributed by atoms with Gasteiger partial charge in [0.2, 0.25) is 36.1 Å². The molecule has 0 aromatic carbocycles. The molecule has 666 valence electrons. The highest BCUT2D eigenvalue weighted by Crippen LogP contribution is 2.16. The zero-order valence-electron chi connectivity index (χ0n) is 70.9. The minimum atomic E-state index is -1.00. The van der Waals surface area contributed by atoms with Crippen LogP contribution >= 0.6 is 0 Å². The minimum absolute atomic E-state index is 0. The Morgan fingerprint density at radius 3 is 1.19 bits per heavy atom. The van der Waals surface area contributed by atoms with E-state index in [0.717, 1.165) is 70.3 Å². The summed E-state index contributed by atoms with van der Waals surface area (Å²) in [5.41, 5.74) is 7.41. The number of hydrogen-bond donors (Lipinski definition) is 8. The normalized spacial score (nSPS) is 14.5. The number of nitrogens with zero attached hydrogens (tertiary/aromatic N) is 9. The summed E-state index contributed by atoms with van der Waals surface area (Å²) in [4.78, 5) is 162. The van der Waals surface area contributed by atoms with E-state index in [0.29, 0.717) is 71.9 Å². The Bertz CT molecular complexity index is 2770. The summed E-state index contributed by atoms with van der Waals surface area (Å²) < 4.78 is 54.5. The van der Waals surface area contributed by atoms with Crippen LogP contribution in [0.1, 0.15) is 166 Å². The van der Waals surface area contributed by atoms with E-state index < -0.39 is 77.6 Å². The maximum absolute atomic E-state index is 11.8. The highest BCUT2D eigenvalue weighted by Gasteiger charge is 2.30. The predicted octanol–water partition coefficient (Wildman–Crippen LogP) is 5.44. The van der Waals surface area contributed by atoms with Gasteiger partial charge in [-0.3, -0.25) is 67.2 Å². The lowest BCUT2D eigenvalue weighted by molar-refractivity contribution is -0.142. The van der Waals surface area contributed by atoms with E-state index >= 15 is 0 Å². The molecule has 0 aromatic rings. The van der Waals surface area contributed by atoms with E-state index in [4.69, 9.17) is 54.8 Å². The molecule has 0 atom stereocenters. The number of carbonyl (C=O) groups excluding carboxylic acids is 13. The monoisotopic (exact) mass is 1640 g/mol. The summed E-state index contributed by atoms with van der Waals surface area (Å²) in [6.45, 7) is 51.9. The summed E-state index contributed by atoms with van der Waals surface area (Å²) in [6.07, 6.45) is 3.83. The van der Waals surface area contributed by atoms with Crippen LogP contribution < -0.4 is 38.1 Å². The van der Waals surface area contributed by atoms with Gasteiger partial charge in [0.1, 0.15) is 66.9 Å². The van der Waals surface area contributed by atoms with Gasteiger partial charge in [-0.15, -0.1) is 6.58 Å². The molecule has 10 N–H and O–H groups in total. The Morgan fingerprint density at radius 1 is 0.518 bits per heavy atom. The van der Waals surface area contributed by atoms with Gasteiger partial charge in [-0.1, -0.05) is 22.3 Å². The molecule has 5 aliphatic rings. The van der Waals surface area contributed by atoms with Crippen molar-refractivity contribution in [3.63, 3.8) is 0 Å². The molecule has 39 heteroatoms. The molecule has 0 aromatic heterocycles. The van der Waals surface area contributed by atoms with Crippen LogP contribution in [0, 0.1) is 13.1 Å². The van der Waals surface area contributed by atoms with Crippen molar-refractivity contribution in [2.45, 2.75) is 193 Å². The molecule has 5 heterocycles. The Kier molecular flexibility index (Phi) is 74.1. The van der Waals surface area contributed by atoms with Crippen LogP contribution in [-0.4, -0.2) is 339 Å². The molecule has 0 saturated carbocycles. The summed E-state index contributed by atoms with van der Waals surface area (Å²) >= 11 is 0. The molecule has 5 saturated heterocycles. The van der Waals surface area contributed by atoms with Crippen molar-refractivity contribution in [1.29, 1.82) is 0 Å². The molecule has 0 aliphatic carbocycles. The lowest BCUT2D eigenvalue weighted by Gasteiger charge is -2.26. The van der Waals surface area contributed by atoms with Crippen molar-refractivity contribution in [1.82, 2.24) is 60.9 Å². The second-order valence-electron chi connectivity index (χ2n) is 28.6. The topological polar surface area (TPSA) is 460 Å². The lowest BCUT2D eigenvalue weighted by Crippen LogP contribution is -2.41. The Hall–Kier alpha value is -9.44. The van der Waals surface area contributed by atoms with E-state index in [9.17, 15) is 66.7 Å². The number of likely N-dealkylation sites (N-methyl/N-ethyl adjacent to an activating group) is 2. The van der Waals surface area contributed by atoms with Crippen LogP contribution in [0.15, 0.2) is 12.8 Å². The van der Waals surface area contributed by atoms with Crippen molar-refractivity contribution in [2.24, 2.45) is 11.5 Å². The first kappa shape index (κ1) is 120. The number of nitrogens with one attached hydrogen (secondary N) is 5. The fourth-order valence-corrected chi connectivity index (χ4v) is 7.75. The van der Waals surface area contributed by atoms with Crippen LogP contribution in [0.4, 0.5) is 28.4 Å². The van der Waals surface area contributed by atoms with E-state index in [2.05, 4.69) is 57.1 Å². The van der Waals surface area contributed by atoms with E-state index in [1.165, 1.54) is 47.1 Å². The molecule has 10 amide bonds. The van der Waals surface area contributed by atoms with Gasteiger partial charge in [0, 0.05) is 80.1 Å². The van der Waals surface area contributed by atoms with E-state index in [1.807, 2.05) is 69.4 Å². The van der Waals surface area contributed by atoms with Gasteiger partial charge >= 0.3 is 48.4 Å². The highest BCUT2D eigenvalue weighted by molar-refractivity contribution is 5.84. The fourth-order valence-electron chi connectivity index (χ4n) is 7.75. The molecule has 0 bridgehead atoms. The van der Waals surface area contributed by atoms with Crippen molar-refractivity contribution < 1.29 is 111 Å². The second kappa shape index (κ2) is 70.2. The molecule has 0 unspecified atom stereocenters. The largest absolute Gasteiger partial charge is 0.468 e. The number of aliphatic hydroxyl groups is 1. The van der Waals surface area contributed by atoms with Crippen LogP contribution in [0.3, 0.4) is 0 Å². The number of halogens is 1. The Balaban J connectivity index is -0.000000159. The van der Waals surface area contributed by atoms with Crippen molar-refractivity contribution >= 4 is 77.9 Å². The summed E-state index contributed by atoms with van der Waals surface area (Å²) in [7, 11) is 7.41. The molecule has 0 radical (unpaired) electrons. The summed E-state index contributed by atoms with van der Waals surface area (Å²) in [5.74, 6) is -1.38. The second-order valence-corrected chi connectivity index (χ2v) is 28.6. The number of aliphatic hydroxyl groups excluding tert-OH is 1. The third-order valence-electron chi connectivity index (χ3n) is 12.8. The SMILES string of the molecule is C.C.C.CC(C)(C)OC(=O)N1CCCNC(=O)C1.CC(C)(C)OC(=O)N1CCCNC(=O)C1.CN1CCCN(C(=O)OC(C)(C)C)CC1=O.CN1CCCNCC1=O.CO.COC(=O)CN.COC(=O)CN(CCCN)C(=O)OC(C)(C)C.O=C1CNCCCN1.[2H]CF.[C-]#[N+]C=C.[C-]#[N+]CCN(CC(=O)OC)C(=O)OC(C)(C)C. The number of methoxy groups -OCH3 is 3. The standard InChI is InChI=1S/C11H18N2O4.C11H22N2O4.C11H20N2O3.2C10H18N2O3.C6H12N2O.C5H10N2O.C3H7NO2.C3H3N.CH3F.CH4O.3CH4/c1-11(2,3)17-10(15)13(7-6-12-4)8-9(14)16-5;1-11(2,3)17-10(15)13(7-5-6-12)8-9(14)16-4;1-11(2,3)16-10(15)13-7-5-6-12(4)9(14)8-13;2*1-10(2,3)15-9(14)12-6-4-5-11-8(13)7-12;1-8-4-2-3-7-5-6(8)9;8-5-4-6-2-1-3-7-5;1-6-3(5)2-4;1-3-4-2;2*1-2;;;/h6-8H2,1-3,5H3;5-8,12H2,1-4H3;5-8H2,1-4H3;2*4-7H2,1-3H3,(H,11,13);7H,2-5H2,1H3;6H,1-4H2,(H,7,8);2,4H2,1H3;3H,1H2;1H3;2H,1H3;3*1H4/i;;;;;;;;;1D;;;;. The lowest BCUT2D eigenvalue weighted by atomic mass is 10.2. The van der Waals surface area contributed by atoms with Gasteiger partial charge in [-0.25, -0.2) is 35.4 Å². The van der Waals surface area contributed by atoms with Crippen molar-refractivity contribution in [3.05, 3.63) is 35.6 Å². The number of carbonyl (C=O) groups is 13. The predicted molar refractivity (Wildman–Crippen MR) is 435 cm³/mol. The Morgan fingerprint density at radius 2 is 0.842 bits per heavy atom. The van der Waals surface area contributed by atoms with Crippen LogP contribution in [0.5, 0.6) is 0 Å². The van der Waals surface area contributed by atoms with Crippen LogP contribution in [-0.2, 0) is 76.3 Å². The molecular weight excluding hydrogens is 1500 g/mol. The number of ether oxygens (including phenoxy) is 8. The molecule has 5 rings (SSSR count). The number of alkyl halides is 1. The first-order chi connectivity index (χ1) is 52.0. The average Bonchev–Trinajstić information content (AvgIpc) is 1.74. The molecule has 38 nitrogen and oxygen atoms in total. The average molecular weight is 1650 g/mol. The first-order valence-corrected chi connectivity index (χ1v) is 35.8. The quantitative estimate of drug-likeness (QED) is 0.0767. The van der Waals surface area contributed by atoms with Crippen LogP contribution in [0.2, 0.25) is 0 Å². The first-order valence-electron chi connectivity index (χ1n) is 36.5. The maximum Gasteiger partial charge on any atom is 0.411 e. The minimum Gasteiger partial charge on any atom is -0.468 e. The molecule has 0 spiro atoms. The fraction of sp³-hybridized carbons (Fsp3) is 0.773. The summed E-state index contributed by atoms with van der Waals surface area (Å²) in [6, 6.07) is 0. The third kappa shape index (κ3) is 76.5. The zero-order chi connectivity index (χ0) is 87.9. The zero-order valence-corrected chi connectivity index (χ0v) is 69.9. The summed E-state index contributed by atoms with van der Waals surface area (Å²) in [5, 5.41) is 21.2. The third-order valence-corrected chi connectivity index (χ3v) is 12.8. The van der Waals surface area contributed by atoms with Gasteiger partial charge in [-0.2, -0.15) is 0 Å². The Labute approximate surface area is 680 Å². The van der Waals surface area contributed by atoms with Crippen molar-refractivity contribution in [2.75, 3.05) is 194 Å². The van der Waals surface area contributed by atoms with Gasteiger partial charge in [-0.05, 0) is 162 Å². The molecule has 114 heavy (non-hydrogen) atoms. The van der Waals surface area contributed by atoms with Gasteiger partial charge in [0.05, 0.1) is 62.6 Å². The number of hydrogen-bond acceptors (Lipinski definition) is 26. The van der Waals surface area contributed by atoms with Gasteiger partial charge in [0.25, 0.3) is 0 Å². The van der Waals surface area contributed by atoms with Crippen molar-refractivity contribution in [3.8, 4) is 0 Å². The maximum atomic E-state index is 11.8. The van der Waals surface area contributed by atoms with Gasteiger partial charge in [0.15, 0.2) is 0 Å². The number of amides is 10. The van der Waals surface area contributed by atoms with E-state index in [1.54, 1.807) is 58.4 Å². The number of nitrogens with two attached hydrogens (primary N) is 2.